The molecule has 2 rings (SSSR count). The van der Waals surface area contributed by atoms with Crippen LogP contribution in [0.25, 0.3) is 11.0 Å². The fourth-order valence-corrected chi connectivity index (χ4v) is 1.46. The summed E-state index contributed by atoms with van der Waals surface area (Å²) in [5.41, 5.74) is 0.756. The number of carbonyl (C=O) groups excluding carboxylic acids is 1. The molecule has 0 unspecified atom stereocenters. The lowest BCUT2D eigenvalue weighted by Crippen LogP contribution is -1.96. The maximum absolute atomic E-state index is 11.2. The van der Waals surface area contributed by atoms with Gasteiger partial charge in [-0.1, -0.05) is 34.1 Å². The second-order valence-electron chi connectivity index (χ2n) is 2.71. The number of carbonyl (C=O) groups is 1. The molecule has 0 saturated carbocycles. The molecule has 0 spiro atoms. The van der Waals surface area contributed by atoms with Gasteiger partial charge < -0.3 is 4.42 Å². The number of fused-ring (bicyclic) bond motifs is 1. The first kappa shape index (κ1) is 8.51. The van der Waals surface area contributed by atoms with Gasteiger partial charge in [0.2, 0.25) is 5.78 Å². The lowest BCUT2D eigenvalue weighted by molar-refractivity contribution is 0.0995. The second kappa shape index (κ2) is 3.34. The van der Waals surface area contributed by atoms with Crippen LogP contribution in [-0.2, 0) is 0 Å². The van der Waals surface area contributed by atoms with Gasteiger partial charge >= 0.3 is 0 Å². The minimum absolute atomic E-state index is 0.0313. The fraction of sp³-hybridized carbons (Fsp3) is 0.100. The van der Waals surface area contributed by atoms with E-state index in [1.807, 2.05) is 24.3 Å². The molecule has 1 aromatic heterocycles. The van der Waals surface area contributed by atoms with Gasteiger partial charge in [-0.2, -0.15) is 0 Å². The molecule has 0 saturated heterocycles. The molecule has 2 aromatic rings. The highest BCUT2D eigenvalue weighted by Crippen LogP contribution is 2.19. The van der Waals surface area contributed by atoms with E-state index in [2.05, 4.69) is 15.9 Å². The predicted molar refractivity (Wildman–Crippen MR) is 54.3 cm³/mol. The summed E-state index contributed by atoms with van der Waals surface area (Å²) in [7, 11) is 0. The van der Waals surface area contributed by atoms with E-state index < -0.39 is 0 Å². The van der Waals surface area contributed by atoms with E-state index in [-0.39, 0.29) is 5.78 Å². The molecule has 66 valence electrons. The van der Waals surface area contributed by atoms with Crippen molar-refractivity contribution in [3.63, 3.8) is 0 Å². The minimum atomic E-state index is -0.0313. The van der Waals surface area contributed by atoms with Crippen molar-refractivity contribution in [2.75, 3.05) is 5.33 Å². The molecule has 13 heavy (non-hydrogen) atoms. The van der Waals surface area contributed by atoms with Gasteiger partial charge in [0, 0.05) is 5.39 Å². The quantitative estimate of drug-likeness (QED) is 0.595. The second-order valence-corrected chi connectivity index (χ2v) is 3.27. The number of hydrogen-bond donors (Lipinski definition) is 0. The Morgan fingerprint density at radius 3 is 2.85 bits per heavy atom. The van der Waals surface area contributed by atoms with Crippen molar-refractivity contribution in [2.45, 2.75) is 0 Å². The molecule has 1 aromatic carbocycles. The number of Topliss-reactive ketones (excluding diaryl/α,β-unsaturated/α-hetero) is 1. The highest BCUT2D eigenvalue weighted by atomic mass is 79.9. The van der Waals surface area contributed by atoms with Crippen LogP contribution in [0, 0.1) is 0 Å². The monoisotopic (exact) mass is 238 g/mol. The molecular weight excluding hydrogens is 232 g/mol. The first-order chi connectivity index (χ1) is 6.31. The van der Waals surface area contributed by atoms with Crippen LogP contribution in [0.1, 0.15) is 10.6 Å². The number of furan rings is 1. The van der Waals surface area contributed by atoms with Crippen LogP contribution in [0.15, 0.2) is 34.7 Å². The van der Waals surface area contributed by atoms with Gasteiger partial charge in [0.15, 0.2) is 5.76 Å². The van der Waals surface area contributed by atoms with E-state index in [9.17, 15) is 4.79 Å². The maximum Gasteiger partial charge on any atom is 0.208 e. The number of ketones is 1. The molecule has 0 N–H and O–H groups in total. The largest absolute Gasteiger partial charge is 0.453 e. The molecule has 1 heterocycles. The van der Waals surface area contributed by atoms with Crippen molar-refractivity contribution in [3.8, 4) is 0 Å². The summed E-state index contributed by atoms with van der Waals surface area (Å²) in [5, 5.41) is 1.26. The SMILES string of the molecule is O=C(CBr)c1cc2ccccc2o1. The summed E-state index contributed by atoms with van der Waals surface area (Å²) < 4.78 is 5.34. The van der Waals surface area contributed by atoms with Crippen LogP contribution in [0.5, 0.6) is 0 Å². The molecular formula is C10H7BrO2. The maximum atomic E-state index is 11.2. The van der Waals surface area contributed by atoms with Crippen molar-refractivity contribution in [3.05, 3.63) is 36.1 Å². The zero-order valence-electron chi connectivity index (χ0n) is 6.79. The summed E-state index contributed by atoms with van der Waals surface area (Å²) in [4.78, 5) is 11.2. The molecule has 2 nitrogen and oxygen atoms in total. The minimum Gasteiger partial charge on any atom is -0.453 e. The molecule has 0 aliphatic rings. The van der Waals surface area contributed by atoms with E-state index in [1.165, 1.54) is 0 Å². The first-order valence-corrected chi connectivity index (χ1v) is 5.01. The van der Waals surface area contributed by atoms with Crippen molar-refractivity contribution < 1.29 is 9.21 Å². The van der Waals surface area contributed by atoms with Crippen molar-refractivity contribution >= 4 is 32.7 Å². The molecule has 0 aliphatic carbocycles. The van der Waals surface area contributed by atoms with Crippen LogP contribution in [-0.4, -0.2) is 11.1 Å². The Kier molecular flexibility index (Phi) is 2.19. The van der Waals surface area contributed by atoms with Crippen LogP contribution >= 0.6 is 15.9 Å². The smallest absolute Gasteiger partial charge is 0.208 e. The van der Waals surface area contributed by atoms with Crippen LogP contribution in [0.3, 0.4) is 0 Å². The molecule has 0 atom stereocenters. The van der Waals surface area contributed by atoms with Crippen LogP contribution in [0.4, 0.5) is 0 Å². The van der Waals surface area contributed by atoms with Crippen LogP contribution < -0.4 is 0 Å². The third-order valence-electron chi connectivity index (χ3n) is 1.82. The van der Waals surface area contributed by atoms with Gasteiger partial charge in [-0.3, -0.25) is 4.79 Å². The zero-order valence-corrected chi connectivity index (χ0v) is 8.37. The Hall–Kier alpha value is -1.09. The molecule has 0 fully saturated rings. The van der Waals surface area contributed by atoms with Gasteiger partial charge in [0.25, 0.3) is 0 Å². The van der Waals surface area contributed by atoms with Gasteiger partial charge in [0.1, 0.15) is 5.58 Å². The highest BCUT2D eigenvalue weighted by molar-refractivity contribution is 9.09. The number of rotatable bonds is 2. The third-order valence-corrected chi connectivity index (χ3v) is 2.33. The van der Waals surface area contributed by atoms with Gasteiger partial charge in [-0.05, 0) is 12.1 Å². The first-order valence-electron chi connectivity index (χ1n) is 3.89. The molecule has 3 heteroatoms. The van der Waals surface area contributed by atoms with E-state index >= 15 is 0 Å². The Balaban J connectivity index is 2.56. The van der Waals surface area contributed by atoms with E-state index in [4.69, 9.17) is 4.42 Å². The average Bonchev–Trinajstić information content (AvgIpc) is 2.59. The van der Waals surface area contributed by atoms with Gasteiger partial charge in [0.05, 0.1) is 5.33 Å². The van der Waals surface area contributed by atoms with E-state index in [1.54, 1.807) is 6.07 Å². The van der Waals surface area contributed by atoms with Crippen molar-refractivity contribution in [2.24, 2.45) is 0 Å². The van der Waals surface area contributed by atoms with Crippen LogP contribution in [0.2, 0.25) is 0 Å². The van der Waals surface area contributed by atoms with E-state index in [0.717, 1.165) is 11.0 Å². The Morgan fingerprint density at radius 2 is 2.15 bits per heavy atom. The lowest BCUT2D eigenvalue weighted by atomic mass is 10.2. The van der Waals surface area contributed by atoms with E-state index in [0.29, 0.717) is 11.1 Å². The summed E-state index contributed by atoms with van der Waals surface area (Å²) >= 11 is 3.10. The highest BCUT2D eigenvalue weighted by Gasteiger charge is 2.09. The average molecular weight is 239 g/mol. The van der Waals surface area contributed by atoms with Gasteiger partial charge in [-0.15, -0.1) is 0 Å². The number of hydrogen-bond acceptors (Lipinski definition) is 2. The zero-order chi connectivity index (χ0) is 9.26. The molecule has 0 amide bonds. The summed E-state index contributed by atoms with van der Waals surface area (Å²) in [5.74, 6) is 0.384. The number of halogens is 1. The summed E-state index contributed by atoms with van der Waals surface area (Å²) in [6.07, 6.45) is 0. The molecule has 0 bridgehead atoms. The standard InChI is InChI=1S/C10H7BrO2/c11-6-8(12)10-5-7-3-1-2-4-9(7)13-10/h1-5H,6H2. The Bertz CT molecular complexity index is 412. The van der Waals surface area contributed by atoms with Crippen molar-refractivity contribution in [1.82, 2.24) is 0 Å². The molecule has 0 radical (unpaired) electrons. The van der Waals surface area contributed by atoms with Crippen molar-refractivity contribution in [1.29, 1.82) is 0 Å². The summed E-state index contributed by atoms with van der Waals surface area (Å²) in [6.45, 7) is 0. The normalized spacial score (nSPS) is 10.5. The Labute approximate surface area is 83.7 Å². The molecule has 0 aliphatic heterocycles. The fourth-order valence-electron chi connectivity index (χ4n) is 1.19. The lowest BCUT2D eigenvalue weighted by Gasteiger charge is -1.86. The van der Waals surface area contributed by atoms with Gasteiger partial charge in [-0.25, -0.2) is 0 Å². The number of alkyl halides is 1. The topological polar surface area (TPSA) is 30.2 Å². The number of benzene rings is 1. The third kappa shape index (κ3) is 1.52. The predicted octanol–water partition coefficient (Wildman–Crippen LogP) is 3.01. The number of para-hydroxylation sites is 1. The Morgan fingerprint density at radius 1 is 1.38 bits per heavy atom. The summed E-state index contributed by atoms with van der Waals surface area (Å²) in [6, 6.07) is 9.33.